The molecule has 0 unspecified atom stereocenters. The minimum atomic E-state index is -0.699. The number of aromatic nitrogens is 3. The highest BCUT2D eigenvalue weighted by Gasteiger charge is 2.27. The normalized spacial score (nSPS) is 12.1. The standard InChI is InChI=1S/C25H24F2N4O3/c1-5-34-23-10-16(6-7-20(23)17-8-18(26)11-19(27)9-17)25(32)30(4)14(2)22-13-31(33)15(3)21-12-28-29-24(21)22/h6-14,33H,5H2,1-4H3/p+1/t14-/m0/s1. The summed E-state index contributed by atoms with van der Waals surface area (Å²) in [4.78, 5) is 14.9. The number of carbonyl (C=O) groups excluding carboxylic acids is 1. The first-order valence-electron chi connectivity index (χ1n) is 10.8. The topological polar surface area (TPSA) is 82.3 Å². The fraction of sp³-hybridized carbons (Fsp3) is 0.240. The Labute approximate surface area is 195 Å². The molecule has 176 valence electrons. The van der Waals surface area contributed by atoms with Crippen LogP contribution in [0, 0.1) is 18.6 Å². The van der Waals surface area contributed by atoms with Gasteiger partial charge in [0.25, 0.3) is 5.91 Å². The Kier molecular flexibility index (Phi) is 6.19. The molecular formula is C25H25F2N4O3+. The van der Waals surface area contributed by atoms with E-state index in [0.29, 0.717) is 40.3 Å². The number of pyridine rings is 1. The van der Waals surface area contributed by atoms with Gasteiger partial charge < -0.3 is 9.64 Å². The van der Waals surface area contributed by atoms with Gasteiger partial charge in [-0.3, -0.25) is 15.1 Å². The molecule has 2 heterocycles. The number of aromatic amines is 1. The Bertz CT molecular complexity index is 1370. The second-order valence-corrected chi connectivity index (χ2v) is 8.07. The lowest BCUT2D eigenvalue weighted by Crippen LogP contribution is -2.36. The molecule has 9 heteroatoms. The lowest BCUT2D eigenvalue weighted by Gasteiger charge is -2.25. The van der Waals surface area contributed by atoms with Crippen molar-refractivity contribution in [1.29, 1.82) is 0 Å². The molecule has 34 heavy (non-hydrogen) atoms. The summed E-state index contributed by atoms with van der Waals surface area (Å²) in [5.74, 6) is -1.34. The molecule has 0 aliphatic rings. The largest absolute Gasteiger partial charge is 0.493 e. The van der Waals surface area contributed by atoms with E-state index in [1.165, 1.54) is 17.0 Å². The number of nitrogens with one attached hydrogen (secondary N) is 1. The van der Waals surface area contributed by atoms with Crippen molar-refractivity contribution in [3.05, 3.63) is 77.2 Å². The van der Waals surface area contributed by atoms with Crippen LogP contribution in [0.3, 0.4) is 0 Å². The molecular weight excluding hydrogens is 442 g/mol. The van der Waals surface area contributed by atoms with Crippen LogP contribution in [0.5, 0.6) is 5.75 Å². The number of hydrogen-bond acceptors (Lipinski definition) is 4. The van der Waals surface area contributed by atoms with Crippen LogP contribution in [0.2, 0.25) is 0 Å². The van der Waals surface area contributed by atoms with E-state index in [9.17, 15) is 18.8 Å². The first-order valence-corrected chi connectivity index (χ1v) is 10.8. The number of benzene rings is 2. The predicted molar refractivity (Wildman–Crippen MR) is 122 cm³/mol. The van der Waals surface area contributed by atoms with Gasteiger partial charge in [0.15, 0.2) is 0 Å². The van der Waals surface area contributed by atoms with Crippen molar-refractivity contribution in [2.45, 2.75) is 26.8 Å². The summed E-state index contributed by atoms with van der Waals surface area (Å²) in [6.07, 6.45) is 3.18. The predicted octanol–water partition coefficient (Wildman–Crippen LogP) is 4.57. The molecule has 0 aliphatic carbocycles. The molecule has 2 N–H and O–H groups in total. The van der Waals surface area contributed by atoms with Crippen LogP contribution in [-0.4, -0.2) is 39.9 Å². The van der Waals surface area contributed by atoms with Crippen molar-refractivity contribution >= 4 is 16.8 Å². The Hall–Kier alpha value is -4.01. The molecule has 4 aromatic rings. The molecule has 0 saturated carbocycles. The lowest BCUT2D eigenvalue weighted by atomic mass is 10.0. The third-order valence-electron chi connectivity index (χ3n) is 5.98. The number of carbonyl (C=O) groups is 1. The SMILES string of the molecule is CCOc1cc(C(=O)N(C)[C@@H](C)c2c[n+](O)c(C)c3cn[nH]c23)ccc1-c1cc(F)cc(F)c1. The number of H-pyrrole nitrogens is 1. The molecule has 0 aliphatic heterocycles. The summed E-state index contributed by atoms with van der Waals surface area (Å²) < 4.78 is 34.2. The zero-order valence-corrected chi connectivity index (χ0v) is 19.3. The molecule has 1 amide bonds. The first kappa shape index (κ1) is 23.2. The quantitative estimate of drug-likeness (QED) is 0.321. The van der Waals surface area contributed by atoms with Gasteiger partial charge in [-0.05, 0) is 49.7 Å². The van der Waals surface area contributed by atoms with Crippen LogP contribution in [0.1, 0.15) is 41.5 Å². The van der Waals surface area contributed by atoms with Gasteiger partial charge in [0.2, 0.25) is 11.9 Å². The smallest absolute Gasteiger partial charge is 0.254 e. The average Bonchev–Trinajstić information content (AvgIpc) is 3.30. The number of halogens is 2. The monoisotopic (exact) mass is 467 g/mol. The Morgan fingerprint density at radius 2 is 1.94 bits per heavy atom. The van der Waals surface area contributed by atoms with E-state index in [1.807, 2.05) is 6.92 Å². The summed E-state index contributed by atoms with van der Waals surface area (Å²) in [5, 5.41) is 18.0. The van der Waals surface area contributed by atoms with Crippen molar-refractivity contribution in [3.8, 4) is 16.9 Å². The van der Waals surface area contributed by atoms with Gasteiger partial charge in [0, 0.05) is 35.9 Å². The molecule has 0 spiro atoms. The maximum absolute atomic E-state index is 13.8. The molecule has 0 radical (unpaired) electrons. The number of amides is 1. The van der Waals surface area contributed by atoms with Crippen LogP contribution in [-0.2, 0) is 0 Å². The minimum Gasteiger partial charge on any atom is -0.493 e. The van der Waals surface area contributed by atoms with Crippen molar-refractivity contribution in [3.63, 3.8) is 0 Å². The maximum atomic E-state index is 13.8. The molecule has 2 aromatic carbocycles. The number of nitrogens with zero attached hydrogens (tertiary/aromatic N) is 3. The molecule has 1 atom stereocenters. The fourth-order valence-electron chi connectivity index (χ4n) is 3.98. The van der Waals surface area contributed by atoms with Gasteiger partial charge in [-0.2, -0.15) is 5.10 Å². The van der Waals surface area contributed by atoms with E-state index in [0.717, 1.165) is 21.7 Å². The van der Waals surface area contributed by atoms with E-state index >= 15 is 0 Å². The second kappa shape index (κ2) is 9.09. The summed E-state index contributed by atoms with van der Waals surface area (Å²) in [5.41, 5.74) is 3.19. The summed E-state index contributed by atoms with van der Waals surface area (Å²) in [6, 6.07) is 7.60. The Morgan fingerprint density at radius 1 is 1.24 bits per heavy atom. The number of rotatable bonds is 6. The minimum absolute atomic E-state index is 0.289. The molecule has 7 nitrogen and oxygen atoms in total. The van der Waals surface area contributed by atoms with E-state index in [4.69, 9.17) is 4.74 Å². The summed E-state index contributed by atoms with van der Waals surface area (Å²) in [6.45, 7) is 5.71. The highest BCUT2D eigenvalue weighted by Crippen LogP contribution is 2.33. The summed E-state index contributed by atoms with van der Waals surface area (Å²) >= 11 is 0. The molecule has 4 rings (SSSR count). The summed E-state index contributed by atoms with van der Waals surface area (Å²) in [7, 11) is 1.66. The average molecular weight is 467 g/mol. The zero-order chi connectivity index (χ0) is 24.6. The fourth-order valence-corrected chi connectivity index (χ4v) is 3.98. The van der Waals surface area contributed by atoms with E-state index in [2.05, 4.69) is 10.2 Å². The van der Waals surface area contributed by atoms with Crippen LogP contribution in [0.25, 0.3) is 22.0 Å². The third-order valence-corrected chi connectivity index (χ3v) is 5.98. The van der Waals surface area contributed by atoms with E-state index in [-0.39, 0.29) is 5.91 Å². The Morgan fingerprint density at radius 3 is 2.62 bits per heavy atom. The van der Waals surface area contributed by atoms with Crippen LogP contribution >= 0.6 is 0 Å². The zero-order valence-electron chi connectivity index (χ0n) is 19.3. The van der Waals surface area contributed by atoms with Crippen molar-refractivity contribution in [2.24, 2.45) is 0 Å². The maximum Gasteiger partial charge on any atom is 0.254 e. The molecule has 0 saturated heterocycles. The highest BCUT2D eigenvalue weighted by atomic mass is 19.1. The number of hydrogen-bond donors (Lipinski definition) is 2. The van der Waals surface area contributed by atoms with Gasteiger partial charge in [-0.25, -0.2) is 8.78 Å². The van der Waals surface area contributed by atoms with Gasteiger partial charge in [-0.1, -0.05) is 0 Å². The van der Waals surface area contributed by atoms with Crippen molar-refractivity contribution < 1.29 is 28.2 Å². The van der Waals surface area contributed by atoms with Gasteiger partial charge in [0.1, 0.15) is 17.4 Å². The third kappa shape index (κ3) is 4.16. The van der Waals surface area contributed by atoms with Gasteiger partial charge >= 0.3 is 0 Å². The molecule has 0 bridgehead atoms. The van der Waals surface area contributed by atoms with Crippen LogP contribution in [0.4, 0.5) is 8.78 Å². The van der Waals surface area contributed by atoms with Crippen LogP contribution < -0.4 is 9.47 Å². The van der Waals surface area contributed by atoms with E-state index in [1.54, 1.807) is 51.5 Å². The highest BCUT2D eigenvalue weighted by molar-refractivity contribution is 5.96. The number of aryl methyl sites for hydroxylation is 1. The van der Waals surface area contributed by atoms with Gasteiger partial charge in [-0.15, -0.1) is 0 Å². The van der Waals surface area contributed by atoms with Crippen molar-refractivity contribution in [1.82, 2.24) is 15.1 Å². The Balaban J connectivity index is 1.69. The molecule has 2 aromatic heterocycles. The second-order valence-electron chi connectivity index (χ2n) is 8.07. The lowest BCUT2D eigenvalue weighted by molar-refractivity contribution is -0.908. The first-order chi connectivity index (χ1) is 16.2. The van der Waals surface area contributed by atoms with E-state index < -0.39 is 17.7 Å². The molecule has 0 fully saturated rings. The number of fused-ring (bicyclic) bond motifs is 1. The van der Waals surface area contributed by atoms with Crippen LogP contribution in [0.15, 0.2) is 48.8 Å². The number of ether oxygens (including phenoxy) is 1. The van der Waals surface area contributed by atoms with Crippen molar-refractivity contribution in [2.75, 3.05) is 13.7 Å². The van der Waals surface area contributed by atoms with Gasteiger partial charge in [0.05, 0.1) is 35.3 Å².